The van der Waals surface area contributed by atoms with E-state index >= 15 is 0 Å². The van der Waals surface area contributed by atoms with Crippen molar-refractivity contribution in [3.05, 3.63) is 16.5 Å². The normalized spacial score (nSPS) is 28.5. The van der Waals surface area contributed by atoms with E-state index in [1.165, 1.54) is 19.3 Å². The van der Waals surface area contributed by atoms with E-state index in [0.29, 0.717) is 5.92 Å². The molecule has 0 spiro atoms. The molecule has 0 N–H and O–H groups in total. The van der Waals surface area contributed by atoms with Gasteiger partial charge in [-0.3, -0.25) is 0 Å². The molecule has 1 aliphatic heterocycles. The van der Waals surface area contributed by atoms with Crippen LogP contribution < -0.4 is 4.90 Å². The van der Waals surface area contributed by atoms with Gasteiger partial charge in [0, 0.05) is 25.1 Å². The first-order valence-electron chi connectivity index (χ1n) is 6.91. The summed E-state index contributed by atoms with van der Waals surface area (Å²) in [5.41, 5.74) is 0. The van der Waals surface area contributed by atoms with Crippen LogP contribution in [0.5, 0.6) is 0 Å². The largest absolute Gasteiger partial charge is 0.356 e. The molecule has 1 aromatic rings. The van der Waals surface area contributed by atoms with Crippen LogP contribution in [0, 0.1) is 11.8 Å². The van der Waals surface area contributed by atoms with Crippen LogP contribution in [0.2, 0.25) is 0 Å². The molecule has 3 nitrogen and oxygen atoms in total. The molecular formula is C14H20BrN3. The molecule has 0 radical (unpaired) electrons. The van der Waals surface area contributed by atoms with E-state index < -0.39 is 0 Å². The maximum absolute atomic E-state index is 4.77. The number of halogens is 1. The summed E-state index contributed by atoms with van der Waals surface area (Å²) in [5.74, 6) is 4.27. The Balaban J connectivity index is 1.86. The third-order valence-corrected chi connectivity index (χ3v) is 4.24. The maximum atomic E-state index is 4.77. The van der Waals surface area contributed by atoms with Crippen molar-refractivity contribution in [1.29, 1.82) is 0 Å². The molecule has 2 unspecified atom stereocenters. The van der Waals surface area contributed by atoms with Crippen molar-refractivity contribution in [2.75, 3.05) is 18.0 Å². The summed E-state index contributed by atoms with van der Waals surface area (Å²) in [6.07, 6.45) is 3.84. The van der Waals surface area contributed by atoms with Crippen molar-refractivity contribution < 1.29 is 0 Å². The number of piperidine rings is 1. The number of hydrogen-bond donors (Lipinski definition) is 0. The predicted molar refractivity (Wildman–Crippen MR) is 76.9 cm³/mol. The van der Waals surface area contributed by atoms with Gasteiger partial charge in [0.05, 0.1) is 0 Å². The van der Waals surface area contributed by atoms with Gasteiger partial charge in [0.2, 0.25) is 0 Å². The lowest BCUT2D eigenvalue weighted by molar-refractivity contribution is 0.355. The molecule has 3 rings (SSSR count). The second kappa shape index (κ2) is 4.80. The van der Waals surface area contributed by atoms with Crippen LogP contribution in [0.15, 0.2) is 10.7 Å². The average molecular weight is 310 g/mol. The predicted octanol–water partition coefficient (Wildman–Crippen LogP) is 3.60. The van der Waals surface area contributed by atoms with Crippen LogP contribution in [0.1, 0.15) is 44.9 Å². The number of aromatic nitrogens is 2. The monoisotopic (exact) mass is 309 g/mol. The molecule has 1 saturated carbocycles. The highest BCUT2D eigenvalue weighted by Gasteiger charge is 2.29. The van der Waals surface area contributed by atoms with E-state index in [-0.39, 0.29) is 0 Å². The number of hydrogen-bond acceptors (Lipinski definition) is 3. The molecule has 2 aliphatic rings. The molecular weight excluding hydrogens is 290 g/mol. The number of rotatable bonds is 2. The van der Waals surface area contributed by atoms with Gasteiger partial charge in [-0.25, -0.2) is 9.97 Å². The Kier molecular flexibility index (Phi) is 3.31. The van der Waals surface area contributed by atoms with Gasteiger partial charge in [-0.2, -0.15) is 0 Å². The lowest BCUT2D eigenvalue weighted by Crippen LogP contribution is -2.39. The minimum Gasteiger partial charge on any atom is -0.356 e. The van der Waals surface area contributed by atoms with E-state index in [9.17, 15) is 0 Å². The average Bonchev–Trinajstić information content (AvgIpc) is 3.10. The molecule has 0 bridgehead atoms. The van der Waals surface area contributed by atoms with Crippen LogP contribution in [0.3, 0.4) is 0 Å². The molecule has 4 heteroatoms. The lowest BCUT2D eigenvalue weighted by atomic mass is 9.92. The summed E-state index contributed by atoms with van der Waals surface area (Å²) in [6, 6.07) is 2.07. The van der Waals surface area contributed by atoms with Crippen molar-refractivity contribution in [3.8, 4) is 0 Å². The van der Waals surface area contributed by atoms with Crippen LogP contribution in [-0.2, 0) is 0 Å². The summed E-state index contributed by atoms with van der Waals surface area (Å²) >= 11 is 3.53. The summed E-state index contributed by atoms with van der Waals surface area (Å²) in [7, 11) is 0. The fraction of sp³-hybridized carbons (Fsp3) is 0.714. The highest BCUT2D eigenvalue weighted by atomic mass is 79.9. The Labute approximate surface area is 117 Å². The molecule has 2 heterocycles. The summed E-state index contributed by atoms with van der Waals surface area (Å²) in [6.45, 7) is 6.91. The highest BCUT2D eigenvalue weighted by molar-refractivity contribution is 9.10. The first-order valence-corrected chi connectivity index (χ1v) is 7.70. The Morgan fingerprint density at radius 1 is 1.17 bits per heavy atom. The summed E-state index contributed by atoms with van der Waals surface area (Å²) in [5, 5.41) is 0. The van der Waals surface area contributed by atoms with Gasteiger partial charge in [0.25, 0.3) is 0 Å². The van der Waals surface area contributed by atoms with E-state index in [1.54, 1.807) is 0 Å². The van der Waals surface area contributed by atoms with Gasteiger partial charge in [0.1, 0.15) is 16.2 Å². The first kappa shape index (κ1) is 12.4. The van der Waals surface area contributed by atoms with Gasteiger partial charge < -0.3 is 4.90 Å². The quantitative estimate of drug-likeness (QED) is 0.782. The van der Waals surface area contributed by atoms with Gasteiger partial charge in [-0.1, -0.05) is 13.8 Å². The SMILES string of the molecule is CC1CC(C)CN(c2cc(Br)nc(C3CC3)n2)C1. The van der Waals surface area contributed by atoms with Gasteiger partial charge in [0.15, 0.2) is 0 Å². The van der Waals surface area contributed by atoms with Crippen LogP contribution in [-0.4, -0.2) is 23.1 Å². The molecule has 2 atom stereocenters. The topological polar surface area (TPSA) is 29.0 Å². The second-order valence-corrected chi connectivity index (χ2v) is 6.84. The van der Waals surface area contributed by atoms with Crippen molar-refractivity contribution in [2.45, 2.75) is 39.0 Å². The zero-order valence-corrected chi connectivity index (χ0v) is 12.7. The fourth-order valence-electron chi connectivity index (χ4n) is 2.96. The third-order valence-electron chi connectivity index (χ3n) is 3.83. The smallest absolute Gasteiger partial charge is 0.135 e. The zero-order chi connectivity index (χ0) is 12.7. The highest BCUT2D eigenvalue weighted by Crippen LogP contribution is 2.39. The molecule has 1 saturated heterocycles. The van der Waals surface area contributed by atoms with Gasteiger partial charge >= 0.3 is 0 Å². The second-order valence-electron chi connectivity index (χ2n) is 6.03. The lowest BCUT2D eigenvalue weighted by Gasteiger charge is -2.35. The molecule has 2 fully saturated rings. The minimum absolute atomic E-state index is 0.612. The van der Waals surface area contributed by atoms with Gasteiger partial charge in [-0.05, 0) is 47.0 Å². The number of anilines is 1. The fourth-order valence-corrected chi connectivity index (χ4v) is 3.35. The van der Waals surface area contributed by atoms with Crippen molar-refractivity contribution in [2.24, 2.45) is 11.8 Å². The van der Waals surface area contributed by atoms with E-state index in [0.717, 1.165) is 41.2 Å². The van der Waals surface area contributed by atoms with E-state index in [1.807, 2.05) is 0 Å². The molecule has 18 heavy (non-hydrogen) atoms. The summed E-state index contributed by atoms with van der Waals surface area (Å²) in [4.78, 5) is 11.7. The molecule has 1 aromatic heterocycles. The molecule has 98 valence electrons. The van der Waals surface area contributed by atoms with Crippen molar-refractivity contribution in [3.63, 3.8) is 0 Å². The van der Waals surface area contributed by atoms with Crippen LogP contribution in [0.4, 0.5) is 5.82 Å². The van der Waals surface area contributed by atoms with E-state index in [2.05, 4.69) is 45.7 Å². The van der Waals surface area contributed by atoms with E-state index in [4.69, 9.17) is 4.98 Å². The third kappa shape index (κ3) is 2.68. The van der Waals surface area contributed by atoms with Crippen LogP contribution in [0.25, 0.3) is 0 Å². The van der Waals surface area contributed by atoms with Crippen molar-refractivity contribution in [1.82, 2.24) is 9.97 Å². The molecule has 0 amide bonds. The number of nitrogens with zero attached hydrogens (tertiary/aromatic N) is 3. The first-order chi connectivity index (χ1) is 8.61. The summed E-state index contributed by atoms with van der Waals surface area (Å²) < 4.78 is 0.931. The van der Waals surface area contributed by atoms with Gasteiger partial charge in [-0.15, -0.1) is 0 Å². The Bertz CT molecular complexity index is 435. The molecule has 0 aromatic carbocycles. The Morgan fingerprint density at radius 3 is 2.44 bits per heavy atom. The van der Waals surface area contributed by atoms with Crippen LogP contribution >= 0.6 is 15.9 Å². The Morgan fingerprint density at radius 2 is 1.83 bits per heavy atom. The maximum Gasteiger partial charge on any atom is 0.135 e. The Hall–Kier alpha value is -0.640. The standard InChI is InChI=1S/C14H20BrN3/c1-9-5-10(2)8-18(7-9)13-6-12(15)16-14(17-13)11-3-4-11/h6,9-11H,3-5,7-8H2,1-2H3. The zero-order valence-electron chi connectivity index (χ0n) is 11.1. The van der Waals surface area contributed by atoms with Crippen molar-refractivity contribution >= 4 is 21.7 Å². The molecule has 1 aliphatic carbocycles. The minimum atomic E-state index is 0.612.